The van der Waals surface area contributed by atoms with Gasteiger partial charge in [0.05, 0.1) is 10.0 Å². The minimum Gasteiger partial charge on any atom is -0.424 e. The molecule has 0 unspecified atom stereocenters. The molecular formula is C12H9Cl2N3OS. The lowest BCUT2D eigenvalue weighted by atomic mass is 10.3. The van der Waals surface area contributed by atoms with Crippen LogP contribution in [0.3, 0.4) is 0 Å². The van der Waals surface area contributed by atoms with Crippen LogP contribution in [0.25, 0.3) is 0 Å². The molecule has 1 aromatic heterocycles. The van der Waals surface area contributed by atoms with Gasteiger partial charge in [-0.2, -0.15) is 4.98 Å². The van der Waals surface area contributed by atoms with Crippen LogP contribution in [-0.4, -0.2) is 15.0 Å². The van der Waals surface area contributed by atoms with Crippen molar-refractivity contribution in [3.05, 3.63) is 45.7 Å². The van der Waals surface area contributed by atoms with Crippen molar-refractivity contribution in [2.24, 2.45) is 5.73 Å². The summed E-state index contributed by atoms with van der Waals surface area (Å²) in [4.78, 5) is 8.43. The predicted octanol–water partition coefficient (Wildman–Crippen LogP) is 3.52. The van der Waals surface area contributed by atoms with Gasteiger partial charge in [0, 0.05) is 11.8 Å². The third-order valence-corrected chi connectivity index (χ3v) is 3.13. The molecule has 98 valence electrons. The van der Waals surface area contributed by atoms with Gasteiger partial charge in [-0.05, 0) is 25.1 Å². The molecular weight excluding hydrogens is 305 g/mol. The van der Waals surface area contributed by atoms with Gasteiger partial charge >= 0.3 is 6.01 Å². The minimum absolute atomic E-state index is 0.154. The van der Waals surface area contributed by atoms with E-state index in [0.29, 0.717) is 27.2 Å². The normalized spacial score (nSPS) is 10.3. The fourth-order valence-corrected chi connectivity index (χ4v) is 1.75. The van der Waals surface area contributed by atoms with Crippen molar-refractivity contribution in [3.8, 4) is 11.8 Å². The van der Waals surface area contributed by atoms with Crippen molar-refractivity contribution in [2.45, 2.75) is 6.92 Å². The second-order valence-electron chi connectivity index (χ2n) is 3.72. The minimum atomic E-state index is 0.154. The first-order valence-corrected chi connectivity index (χ1v) is 6.40. The molecule has 0 aliphatic heterocycles. The zero-order valence-electron chi connectivity index (χ0n) is 9.85. The molecule has 0 saturated heterocycles. The maximum Gasteiger partial charge on any atom is 0.322 e. The summed E-state index contributed by atoms with van der Waals surface area (Å²) in [6.45, 7) is 1.80. The number of nitrogens with two attached hydrogens (primary N) is 1. The Morgan fingerprint density at radius 2 is 1.95 bits per heavy atom. The van der Waals surface area contributed by atoms with Crippen molar-refractivity contribution in [1.29, 1.82) is 0 Å². The van der Waals surface area contributed by atoms with E-state index >= 15 is 0 Å². The average Bonchev–Trinajstić information content (AvgIpc) is 2.33. The first-order chi connectivity index (χ1) is 8.95. The highest BCUT2D eigenvalue weighted by Gasteiger charge is 2.08. The number of rotatable bonds is 3. The van der Waals surface area contributed by atoms with Crippen LogP contribution in [0.4, 0.5) is 0 Å². The lowest BCUT2D eigenvalue weighted by Gasteiger charge is -2.07. The van der Waals surface area contributed by atoms with E-state index in [9.17, 15) is 0 Å². The standard InChI is InChI=1S/C12H9Cl2N3OS/c1-6-4-10(11(15)19)17-12(16-6)18-7-2-3-8(13)9(14)5-7/h2-5H,1H3,(H2,15,19). The molecule has 0 aliphatic rings. The van der Waals surface area contributed by atoms with Crippen LogP contribution >= 0.6 is 35.4 Å². The van der Waals surface area contributed by atoms with E-state index in [1.165, 1.54) is 0 Å². The average molecular weight is 314 g/mol. The van der Waals surface area contributed by atoms with Crippen molar-refractivity contribution in [3.63, 3.8) is 0 Å². The number of hydrogen-bond acceptors (Lipinski definition) is 4. The largest absolute Gasteiger partial charge is 0.424 e. The number of nitrogens with zero attached hydrogens (tertiary/aromatic N) is 2. The molecule has 0 spiro atoms. The van der Waals surface area contributed by atoms with Crippen molar-refractivity contribution in [2.75, 3.05) is 0 Å². The number of ether oxygens (including phenoxy) is 1. The Morgan fingerprint density at radius 1 is 1.21 bits per heavy atom. The van der Waals surface area contributed by atoms with Gasteiger partial charge in [0.2, 0.25) is 0 Å². The highest BCUT2D eigenvalue weighted by Crippen LogP contribution is 2.28. The fraction of sp³-hybridized carbons (Fsp3) is 0.0833. The van der Waals surface area contributed by atoms with Crippen LogP contribution in [-0.2, 0) is 0 Å². The highest BCUT2D eigenvalue weighted by atomic mass is 35.5. The van der Waals surface area contributed by atoms with Gasteiger partial charge in [0.25, 0.3) is 0 Å². The number of aryl methyl sites for hydroxylation is 1. The Balaban J connectivity index is 2.32. The number of benzene rings is 1. The molecule has 0 fully saturated rings. The van der Waals surface area contributed by atoms with Crippen LogP contribution in [0, 0.1) is 6.92 Å². The number of thiocarbonyl (C=S) groups is 1. The van der Waals surface area contributed by atoms with E-state index in [1.807, 2.05) is 0 Å². The molecule has 4 nitrogen and oxygen atoms in total. The topological polar surface area (TPSA) is 61.0 Å². The zero-order valence-corrected chi connectivity index (χ0v) is 12.2. The SMILES string of the molecule is Cc1cc(C(N)=S)nc(Oc2ccc(Cl)c(Cl)c2)n1. The van der Waals surface area contributed by atoms with Gasteiger partial charge in [-0.15, -0.1) is 0 Å². The molecule has 2 N–H and O–H groups in total. The maximum atomic E-state index is 5.90. The summed E-state index contributed by atoms with van der Waals surface area (Å²) in [5.41, 5.74) is 6.69. The van der Waals surface area contributed by atoms with Crippen molar-refractivity contribution >= 4 is 40.4 Å². The predicted molar refractivity (Wildman–Crippen MR) is 79.2 cm³/mol. The highest BCUT2D eigenvalue weighted by molar-refractivity contribution is 7.80. The molecule has 19 heavy (non-hydrogen) atoms. The molecule has 7 heteroatoms. The Kier molecular flexibility index (Phi) is 4.19. The van der Waals surface area contributed by atoms with Crippen LogP contribution in [0.5, 0.6) is 11.8 Å². The Hall–Kier alpha value is -1.43. The second-order valence-corrected chi connectivity index (χ2v) is 4.97. The van der Waals surface area contributed by atoms with Gasteiger partial charge < -0.3 is 10.5 Å². The number of aromatic nitrogens is 2. The summed E-state index contributed by atoms with van der Waals surface area (Å²) in [5, 5.41) is 0.837. The molecule has 1 heterocycles. The maximum absolute atomic E-state index is 5.90. The van der Waals surface area contributed by atoms with E-state index in [1.54, 1.807) is 31.2 Å². The van der Waals surface area contributed by atoms with E-state index in [4.69, 9.17) is 45.9 Å². The molecule has 2 aromatic rings. The summed E-state index contributed by atoms with van der Waals surface area (Å²) in [7, 11) is 0. The molecule has 0 amide bonds. The quantitative estimate of drug-likeness (QED) is 0.878. The zero-order chi connectivity index (χ0) is 14.0. The van der Waals surface area contributed by atoms with Crippen LogP contribution in [0.2, 0.25) is 10.0 Å². The Bertz CT molecular complexity index is 649. The molecule has 0 bridgehead atoms. The molecule has 0 atom stereocenters. The van der Waals surface area contributed by atoms with Crippen molar-refractivity contribution < 1.29 is 4.74 Å². The fourth-order valence-electron chi connectivity index (χ4n) is 1.36. The second kappa shape index (κ2) is 5.69. The van der Waals surface area contributed by atoms with E-state index in [0.717, 1.165) is 0 Å². The molecule has 0 saturated carbocycles. The van der Waals surface area contributed by atoms with Crippen molar-refractivity contribution in [1.82, 2.24) is 9.97 Å². The molecule has 0 radical (unpaired) electrons. The monoisotopic (exact) mass is 313 g/mol. The van der Waals surface area contributed by atoms with Gasteiger partial charge in [-0.3, -0.25) is 0 Å². The third kappa shape index (κ3) is 3.53. The van der Waals surface area contributed by atoms with Gasteiger partial charge in [-0.25, -0.2) is 4.98 Å². The van der Waals surface area contributed by atoms with E-state index in [-0.39, 0.29) is 11.0 Å². The lowest BCUT2D eigenvalue weighted by Crippen LogP contribution is -2.13. The lowest BCUT2D eigenvalue weighted by molar-refractivity contribution is 0.440. The summed E-state index contributed by atoms with van der Waals surface area (Å²) >= 11 is 16.6. The third-order valence-electron chi connectivity index (χ3n) is 2.19. The molecule has 2 rings (SSSR count). The molecule has 0 aliphatic carbocycles. The summed E-state index contributed by atoms with van der Waals surface area (Å²) in [6, 6.07) is 6.71. The van der Waals surface area contributed by atoms with Crippen LogP contribution in [0.15, 0.2) is 24.3 Å². The van der Waals surface area contributed by atoms with Crippen LogP contribution < -0.4 is 10.5 Å². The first-order valence-electron chi connectivity index (χ1n) is 5.24. The van der Waals surface area contributed by atoms with Gasteiger partial charge in [-0.1, -0.05) is 35.4 Å². The van der Waals surface area contributed by atoms with Gasteiger partial charge in [0.15, 0.2) is 0 Å². The number of halogens is 2. The Morgan fingerprint density at radius 3 is 2.58 bits per heavy atom. The smallest absolute Gasteiger partial charge is 0.322 e. The van der Waals surface area contributed by atoms with Gasteiger partial charge in [0.1, 0.15) is 16.4 Å². The number of hydrogen-bond donors (Lipinski definition) is 1. The van der Waals surface area contributed by atoms with E-state index in [2.05, 4.69) is 9.97 Å². The van der Waals surface area contributed by atoms with Crippen LogP contribution in [0.1, 0.15) is 11.4 Å². The molecule has 1 aromatic carbocycles. The van der Waals surface area contributed by atoms with E-state index < -0.39 is 0 Å². The summed E-state index contributed by atoms with van der Waals surface area (Å²) < 4.78 is 5.51. The summed E-state index contributed by atoms with van der Waals surface area (Å²) in [5.74, 6) is 0.480. The summed E-state index contributed by atoms with van der Waals surface area (Å²) in [6.07, 6.45) is 0. The first kappa shape index (κ1) is 14.0. The Labute approximate surface area is 125 Å².